The third-order valence-corrected chi connectivity index (χ3v) is 2.87. The normalized spacial score (nSPS) is 16.4. The van der Waals surface area contributed by atoms with Crippen molar-refractivity contribution >= 4 is 11.7 Å². The number of amides is 1. The van der Waals surface area contributed by atoms with Crippen LogP contribution in [0, 0.1) is 0 Å². The SMILES string of the molecule is CCCNc1cccc(CN2CCNC(=O)C2)n1. The summed E-state index contributed by atoms with van der Waals surface area (Å²) < 4.78 is 0. The van der Waals surface area contributed by atoms with E-state index in [0.717, 1.165) is 44.1 Å². The van der Waals surface area contributed by atoms with E-state index in [4.69, 9.17) is 0 Å². The molecule has 1 aliphatic heterocycles. The van der Waals surface area contributed by atoms with Gasteiger partial charge in [0.25, 0.3) is 0 Å². The predicted octanol–water partition coefficient (Wildman–Crippen LogP) is 0.835. The summed E-state index contributed by atoms with van der Waals surface area (Å²) in [5.41, 5.74) is 1.01. The van der Waals surface area contributed by atoms with E-state index < -0.39 is 0 Å². The molecule has 0 unspecified atom stereocenters. The molecule has 2 rings (SSSR count). The second-order valence-electron chi connectivity index (χ2n) is 4.50. The molecule has 0 aliphatic carbocycles. The second-order valence-corrected chi connectivity index (χ2v) is 4.50. The van der Waals surface area contributed by atoms with Gasteiger partial charge in [0.1, 0.15) is 5.82 Å². The Morgan fingerprint density at radius 3 is 3.17 bits per heavy atom. The van der Waals surface area contributed by atoms with E-state index in [-0.39, 0.29) is 5.91 Å². The molecule has 5 heteroatoms. The van der Waals surface area contributed by atoms with Crippen molar-refractivity contribution < 1.29 is 4.79 Å². The van der Waals surface area contributed by atoms with Crippen LogP contribution in [0.1, 0.15) is 19.0 Å². The minimum Gasteiger partial charge on any atom is -0.370 e. The van der Waals surface area contributed by atoms with Crippen LogP contribution in [-0.4, -0.2) is 42.0 Å². The molecule has 1 aromatic heterocycles. The highest BCUT2D eigenvalue weighted by molar-refractivity contribution is 5.78. The highest BCUT2D eigenvalue weighted by Crippen LogP contribution is 2.08. The van der Waals surface area contributed by atoms with Gasteiger partial charge in [0, 0.05) is 26.2 Å². The molecule has 0 radical (unpaired) electrons. The molecular formula is C13H20N4O. The molecule has 0 bridgehead atoms. The Bertz CT molecular complexity index is 408. The average molecular weight is 248 g/mol. The first-order valence-corrected chi connectivity index (χ1v) is 6.47. The van der Waals surface area contributed by atoms with E-state index in [2.05, 4.69) is 27.4 Å². The standard InChI is InChI=1S/C13H20N4O/c1-2-6-14-12-5-3-4-11(16-12)9-17-8-7-15-13(18)10-17/h3-5H,2,6-10H2,1H3,(H,14,16)(H,15,18). The van der Waals surface area contributed by atoms with Gasteiger partial charge >= 0.3 is 0 Å². The number of pyridine rings is 1. The summed E-state index contributed by atoms with van der Waals surface area (Å²) in [7, 11) is 0. The van der Waals surface area contributed by atoms with Gasteiger partial charge in [-0.05, 0) is 18.6 Å². The lowest BCUT2D eigenvalue weighted by molar-refractivity contribution is -0.124. The molecule has 1 aliphatic rings. The van der Waals surface area contributed by atoms with E-state index in [1.807, 2.05) is 18.2 Å². The van der Waals surface area contributed by atoms with Gasteiger partial charge in [0.15, 0.2) is 0 Å². The lowest BCUT2D eigenvalue weighted by Gasteiger charge is -2.26. The quantitative estimate of drug-likeness (QED) is 0.810. The van der Waals surface area contributed by atoms with Gasteiger partial charge in [-0.2, -0.15) is 0 Å². The van der Waals surface area contributed by atoms with Crippen LogP contribution >= 0.6 is 0 Å². The highest BCUT2D eigenvalue weighted by Gasteiger charge is 2.16. The van der Waals surface area contributed by atoms with E-state index in [1.165, 1.54) is 0 Å². The fraction of sp³-hybridized carbons (Fsp3) is 0.538. The van der Waals surface area contributed by atoms with Crippen LogP contribution in [0.3, 0.4) is 0 Å². The van der Waals surface area contributed by atoms with E-state index in [0.29, 0.717) is 6.54 Å². The molecule has 2 N–H and O–H groups in total. The van der Waals surface area contributed by atoms with Crippen LogP contribution in [0.25, 0.3) is 0 Å². The summed E-state index contributed by atoms with van der Waals surface area (Å²) in [6, 6.07) is 5.98. The van der Waals surface area contributed by atoms with E-state index in [1.54, 1.807) is 0 Å². The number of piperazine rings is 1. The fourth-order valence-corrected chi connectivity index (χ4v) is 1.97. The smallest absolute Gasteiger partial charge is 0.234 e. The first kappa shape index (κ1) is 12.8. The number of hydrogen-bond donors (Lipinski definition) is 2. The maximum absolute atomic E-state index is 11.3. The van der Waals surface area contributed by atoms with E-state index >= 15 is 0 Å². The maximum atomic E-state index is 11.3. The fourth-order valence-electron chi connectivity index (χ4n) is 1.97. The maximum Gasteiger partial charge on any atom is 0.234 e. The van der Waals surface area contributed by atoms with Crippen LogP contribution in [0.4, 0.5) is 5.82 Å². The lowest BCUT2D eigenvalue weighted by Crippen LogP contribution is -2.47. The molecular weight excluding hydrogens is 228 g/mol. The topological polar surface area (TPSA) is 57.3 Å². The molecule has 0 aromatic carbocycles. The third-order valence-electron chi connectivity index (χ3n) is 2.87. The molecule has 18 heavy (non-hydrogen) atoms. The highest BCUT2D eigenvalue weighted by atomic mass is 16.2. The molecule has 1 saturated heterocycles. The first-order chi connectivity index (χ1) is 8.78. The molecule has 1 fully saturated rings. The van der Waals surface area contributed by atoms with Gasteiger partial charge in [-0.25, -0.2) is 4.98 Å². The Balaban J connectivity index is 1.93. The van der Waals surface area contributed by atoms with Crippen LogP contribution < -0.4 is 10.6 Å². The molecule has 98 valence electrons. The summed E-state index contributed by atoms with van der Waals surface area (Å²) in [5.74, 6) is 1.01. The number of carbonyl (C=O) groups excluding carboxylic acids is 1. The summed E-state index contributed by atoms with van der Waals surface area (Å²) in [4.78, 5) is 17.9. The van der Waals surface area contributed by atoms with Crippen molar-refractivity contribution in [1.82, 2.24) is 15.2 Å². The largest absolute Gasteiger partial charge is 0.370 e. The minimum absolute atomic E-state index is 0.0986. The Hall–Kier alpha value is -1.62. The summed E-state index contributed by atoms with van der Waals surface area (Å²) in [6.07, 6.45) is 1.08. The monoisotopic (exact) mass is 248 g/mol. The zero-order chi connectivity index (χ0) is 12.8. The van der Waals surface area contributed by atoms with Crippen molar-refractivity contribution in [2.75, 3.05) is 31.5 Å². The Morgan fingerprint density at radius 2 is 2.39 bits per heavy atom. The average Bonchev–Trinajstić information content (AvgIpc) is 2.37. The number of nitrogens with zero attached hydrogens (tertiary/aromatic N) is 2. The minimum atomic E-state index is 0.0986. The summed E-state index contributed by atoms with van der Waals surface area (Å²) >= 11 is 0. The van der Waals surface area contributed by atoms with Crippen molar-refractivity contribution in [3.63, 3.8) is 0 Å². The molecule has 1 aromatic rings. The zero-order valence-corrected chi connectivity index (χ0v) is 10.8. The van der Waals surface area contributed by atoms with Crippen molar-refractivity contribution in [1.29, 1.82) is 0 Å². The first-order valence-electron chi connectivity index (χ1n) is 6.47. The number of hydrogen-bond acceptors (Lipinski definition) is 4. The number of nitrogens with one attached hydrogen (secondary N) is 2. The van der Waals surface area contributed by atoms with Gasteiger partial charge in [-0.1, -0.05) is 13.0 Å². The Morgan fingerprint density at radius 1 is 1.50 bits per heavy atom. The zero-order valence-electron chi connectivity index (χ0n) is 10.8. The van der Waals surface area contributed by atoms with Gasteiger partial charge in [0.05, 0.1) is 12.2 Å². The number of rotatable bonds is 5. The van der Waals surface area contributed by atoms with Crippen LogP contribution in [0.2, 0.25) is 0 Å². The van der Waals surface area contributed by atoms with E-state index in [9.17, 15) is 4.79 Å². The third kappa shape index (κ3) is 3.70. The van der Waals surface area contributed by atoms with Gasteiger partial charge < -0.3 is 10.6 Å². The van der Waals surface area contributed by atoms with Crippen molar-refractivity contribution in [2.45, 2.75) is 19.9 Å². The molecule has 0 atom stereocenters. The van der Waals surface area contributed by atoms with Crippen LogP contribution in [0.5, 0.6) is 0 Å². The van der Waals surface area contributed by atoms with Gasteiger partial charge in [0.2, 0.25) is 5.91 Å². The number of aromatic nitrogens is 1. The molecule has 0 spiro atoms. The Kier molecular flexibility index (Phi) is 4.52. The van der Waals surface area contributed by atoms with Crippen LogP contribution in [-0.2, 0) is 11.3 Å². The predicted molar refractivity (Wildman–Crippen MR) is 71.3 cm³/mol. The molecule has 0 saturated carbocycles. The molecule has 2 heterocycles. The van der Waals surface area contributed by atoms with Crippen molar-refractivity contribution in [3.8, 4) is 0 Å². The second kappa shape index (κ2) is 6.35. The van der Waals surface area contributed by atoms with Gasteiger partial charge in [-0.15, -0.1) is 0 Å². The molecule has 1 amide bonds. The Labute approximate surface area is 108 Å². The molecule has 5 nitrogen and oxygen atoms in total. The van der Waals surface area contributed by atoms with Crippen molar-refractivity contribution in [3.05, 3.63) is 23.9 Å². The van der Waals surface area contributed by atoms with Crippen LogP contribution in [0.15, 0.2) is 18.2 Å². The number of carbonyl (C=O) groups is 1. The lowest BCUT2D eigenvalue weighted by atomic mass is 10.3. The number of anilines is 1. The van der Waals surface area contributed by atoms with Crippen molar-refractivity contribution in [2.24, 2.45) is 0 Å². The summed E-state index contributed by atoms with van der Waals surface area (Å²) in [5, 5.41) is 6.10. The van der Waals surface area contributed by atoms with Gasteiger partial charge in [-0.3, -0.25) is 9.69 Å². The summed E-state index contributed by atoms with van der Waals surface area (Å²) in [6.45, 7) is 5.88.